The van der Waals surface area contributed by atoms with Crippen molar-refractivity contribution in [1.82, 2.24) is 19.9 Å². The Kier molecular flexibility index (Phi) is 3.03. The molecule has 0 aromatic carbocycles. The second kappa shape index (κ2) is 5.04. The van der Waals surface area contributed by atoms with Crippen LogP contribution >= 0.6 is 0 Å². The Morgan fingerprint density at radius 2 is 2.12 bits per heavy atom. The summed E-state index contributed by atoms with van der Waals surface area (Å²) in [5.74, 6) is 1.28. The van der Waals surface area contributed by atoms with Gasteiger partial charge in [-0.25, -0.2) is 4.98 Å². The average molecular weight is 324 g/mol. The van der Waals surface area contributed by atoms with Crippen LogP contribution in [-0.4, -0.2) is 38.8 Å². The van der Waals surface area contributed by atoms with Gasteiger partial charge in [-0.15, -0.1) is 0 Å². The summed E-state index contributed by atoms with van der Waals surface area (Å²) in [5.41, 5.74) is 4.43. The first-order valence-corrected chi connectivity index (χ1v) is 9.26. The van der Waals surface area contributed by atoms with Crippen LogP contribution < -0.4 is 0 Å². The third-order valence-electron chi connectivity index (χ3n) is 6.56. The maximum absolute atomic E-state index is 12.7. The number of hydrogen-bond donors (Lipinski definition) is 1. The number of nitrogens with zero attached hydrogens (tertiary/aromatic N) is 3. The Bertz CT molecular complexity index is 799. The number of carbonyl (C=O) groups is 1. The number of H-pyrrole nitrogens is 1. The van der Waals surface area contributed by atoms with Crippen molar-refractivity contribution in [2.75, 3.05) is 13.1 Å². The smallest absolute Gasteiger partial charge is 0.226 e. The quantitative estimate of drug-likeness (QED) is 0.923. The predicted octanol–water partition coefficient (Wildman–Crippen LogP) is 3.16. The lowest BCUT2D eigenvalue weighted by Gasteiger charge is -2.33. The van der Waals surface area contributed by atoms with E-state index in [1.54, 1.807) is 0 Å². The lowest BCUT2D eigenvalue weighted by molar-refractivity contribution is -0.135. The molecular weight excluding hydrogens is 300 g/mol. The molecule has 126 valence electrons. The standard InChI is InChI=1S/C19H24N4O/c1-12-11-20-16-9-15(22-17(16)21-12)13-3-7-23(8-4-13)18(24)14-10-19(14)5-2-6-19/h9,11,13-14H,2-8,10H2,1H3,(H,21,22)/t14-/m1/s1. The zero-order valence-electron chi connectivity index (χ0n) is 14.2. The van der Waals surface area contributed by atoms with Gasteiger partial charge in [0.2, 0.25) is 5.91 Å². The summed E-state index contributed by atoms with van der Waals surface area (Å²) in [4.78, 5) is 27.2. The van der Waals surface area contributed by atoms with Gasteiger partial charge in [0.15, 0.2) is 5.65 Å². The second-order valence-electron chi connectivity index (χ2n) is 8.04. The van der Waals surface area contributed by atoms with Crippen LogP contribution in [0.15, 0.2) is 12.3 Å². The van der Waals surface area contributed by atoms with Crippen LogP contribution in [-0.2, 0) is 4.79 Å². The van der Waals surface area contributed by atoms with Crippen molar-refractivity contribution in [3.8, 4) is 0 Å². The van der Waals surface area contributed by atoms with E-state index in [2.05, 4.69) is 25.9 Å². The van der Waals surface area contributed by atoms with Gasteiger partial charge in [0.05, 0.1) is 5.69 Å². The van der Waals surface area contributed by atoms with Gasteiger partial charge in [0.25, 0.3) is 0 Å². The van der Waals surface area contributed by atoms with E-state index >= 15 is 0 Å². The number of nitrogens with one attached hydrogen (secondary N) is 1. The van der Waals surface area contributed by atoms with E-state index < -0.39 is 0 Å². The van der Waals surface area contributed by atoms with E-state index in [1.165, 1.54) is 25.0 Å². The highest BCUT2D eigenvalue weighted by molar-refractivity contribution is 5.83. The monoisotopic (exact) mass is 324 g/mol. The maximum Gasteiger partial charge on any atom is 0.226 e. The van der Waals surface area contributed by atoms with Gasteiger partial charge in [0.1, 0.15) is 5.52 Å². The largest absolute Gasteiger partial charge is 0.342 e. The van der Waals surface area contributed by atoms with Crippen molar-refractivity contribution in [3.05, 3.63) is 23.7 Å². The lowest BCUT2D eigenvalue weighted by Crippen LogP contribution is -2.40. The third kappa shape index (κ3) is 2.17. The molecule has 2 aromatic heterocycles. The number of aromatic nitrogens is 3. The molecule has 1 spiro atoms. The van der Waals surface area contributed by atoms with Crippen LogP contribution in [0.1, 0.15) is 55.8 Å². The summed E-state index contributed by atoms with van der Waals surface area (Å²) in [6.07, 6.45) is 8.95. The highest BCUT2D eigenvalue weighted by Crippen LogP contribution is 2.66. The average Bonchev–Trinajstić information content (AvgIpc) is 3.21. The molecular formula is C19H24N4O. The first kappa shape index (κ1) is 14.4. The minimum absolute atomic E-state index is 0.354. The van der Waals surface area contributed by atoms with Crippen molar-refractivity contribution in [1.29, 1.82) is 0 Å². The molecule has 1 amide bonds. The minimum Gasteiger partial charge on any atom is -0.342 e. The normalized spacial score (nSPS) is 25.9. The molecule has 0 unspecified atom stereocenters. The Morgan fingerprint density at radius 3 is 2.79 bits per heavy atom. The van der Waals surface area contributed by atoms with Crippen molar-refractivity contribution >= 4 is 17.1 Å². The fraction of sp³-hybridized carbons (Fsp3) is 0.632. The Hall–Kier alpha value is -1.91. The molecule has 3 aliphatic rings. The Labute approximate surface area is 141 Å². The van der Waals surface area contributed by atoms with Gasteiger partial charge in [-0.05, 0) is 50.5 Å². The molecule has 0 radical (unpaired) electrons. The van der Waals surface area contributed by atoms with E-state index in [-0.39, 0.29) is 0 Å². The Morgan fingerprint density at radius 1 is 1.33 bits per heavy atom. The number of rotatable bonds is 2. The van der Waals surface area contributed by atoms with Gasteiger partial charge in [-0.3, -0.25) is 9.78 Å². The molecule has 1 aliphatic heterocycles. The van der Waals surface area contributed by atoms with Crippen molar-refractivity contribution < 1.29 is 4.79 Å². The first-order valence-electron chi connectivity index (χ1n) is 9.26. The third-order valence-corrected chi connectivity index (χ3v) is 6.56. The minimum atomic E-state index is 0.354. The second-order valence-corrected chi connectivity index (χ2v) is 8.04. The molecule has 1 N–H and O–H groups in total. The highest BCUT2D eigenvalue weighted by Gasteiger charge is 2.61. The number of likely N-dealkylation sites (tertiary alicyclic amines) is 1. The van der Waals surface area contributed by atoms with Crippen LogP contribution in [0.4, 0.5) is 0 Å². The molecule has 2 saturated carbocycles. The Balaban J connectivity index is 1.25. The molecule has 5 nitrogen and oxygen atoms in total. The highest BCUT2D eigenvalue weighted by atomic mass is 16.2. The van der Waals surface area contributed by atoms with Gasteiger partial charge in [0, 0.05) is 36.8 Å². The van der Waals surface area contributed by atoms with Crippen LogP contribution in [0, 0.1) is 18.3 Å². The molecule has 2 aliphatic carbocycles. The maximum atomic E-state index is 12.7. The summed E-state index contributed by atoms with van der Waals surface area (Å²) in [7, 11) is 0. The molecule has 5 heteroatoms. The number of aromatic amines is 1. The SMILES string of the molecule is Cc1cnc2cc(C3CCN(C(=O)[C@H]4CC45CCC5)CC3)[nH]c2n1. The fourth-order valence-corrected chi connectivity index (χ4v) is 4.74. The van der Waals surface area contributed by atoms with Gasteiger partial charge < -0.3 is 9.88 Å². The van der Waals surface area contributed by atoms with Crippen molar-refractivity contribution in [2.24, 2.45) is 11.3 Å². The number of hydrogen-bond acceptors (Lipinski definition) is 3. The van der Waals surface area contributed by atoms with Gasteiger partial charge >= 0.3 is 0 Å². The van der Waals surface area contributed by atoms with E-state index in [0.29, 0.717) is 23.2 Å². The molecule has 5 rings (SSSR count). The van der Waals surface area contributed by atoms with E-state index in [1.807, 2.05) is 13.1 Å². The van der Waals surface area contributed by atoms with E-state index in [9.17, 15) is 4.79 Å². The molecule has 24 heavy (non-hydrogen) atoms. The van der Waals surface area contributed by atoms with E-state index in [4.69, 9.17) is 0 Å². The molecule has 3 heterocycles. The summed E-state index contributed by atoms with van der Waals surface area (Å²) in [6, 6.07) is 2.13. The zero-order chi connectivity index (χ0) is 16.3. The zero-order valence-corrected chi connectivity index (χ0v) is 14.2. The van der Waals surface area contributed by atoms with Crippen LogP contribution in [0.5, 0.6) is 0 Å². The van der Waals surface area contributed by atoms with Crippen LogP contribution in [0.3, 0.4) is 0 Å². The number of piperidine rings is 1. The van der Waals surface area contributed by atoms with Crippen molar-refractivity contribution in [3.63, 3.8) is 0 Å². The van der Waals surface area contributed by atoms with Crippen LogP contribution in [0.2, 0.25) is 0 Å². The first-order chi connectivity index (χ1) is 11.6. The number of fused-ring (bicyclic) bond motifs is 1. The van der Waals surface area contributed by atoms with Crippen molar-refractivity contribution in [2.45, 2.75) is 51.4 Å². The molecule has 2 aromatic rings. The van der Waals surface area contributed by atoms with Crippen LogP contribution in [0.25, 0.3) is 11.2 Å². The molecule has 0 bridgehead atoms. The fourth-order valence-electron chi connectivity index (χ4n) is 4.74. The van der Waals surface area contributed by atoms with E-state index in [0.717, 1.165) is 49.2 Å². The number of aryl methyl sites for hydroxylation is 1. The van der Waals surface area contributed by atoms with Gasteiger partial charge in [-0.2, -0.15) is 0 Å². The summed E-state index contributed by atoms with van der Waals surface area (Å²) in [5, 5.41) is 0. The molecule has 3 fully saturated rings. The number of carbonyl (C=O) groups excluding carboxylic acids is 1. The molecule has 1 saturated heterocycles. The summed E-state index contributed by atoms with van der Waals surface area (Å²) in [6.45, 7) is 3.75. The number of amides is 1. The van der Waals surface area contributed by atoms with Gasteiger partial charge in [-0.1, -0.05) is 6.42 Å². The summed E-state index contributed by atoms with van der Waals surface area (Å²) >= 11 is 0. The molecule has 1 atom stereocenters. The topological polar surface area (TPSA) is 61.9 Å². The lowest BCUT2D eigenvalue weighted by atomic mass is 9.79. The summed E-state index contributed by atoms with van der Waals surface area (Å²) < 4.78 is 0. The predicted molar refractivity (Wildman–Crippen MR) is 91.6 cm³/mol.